The second kappa shape index (κ2) is 11.3. The summed E-state index contributed by atoms with van der Waals surface area (Å²) in [5.41, 5.74) is 2.09. The number of esters is 2. The predicted octanol–water partition coefficient (Wildman–Crippen LogP) is 8.87. The van der Waals surface area contributed by atoms with Gasteiger partial charge in [0, 0.05) is 22.3 Å². The second-order valence-electron chi connectivity index (χ2n) is 10.3. The van der Waals surface area contributed by atoms with Crippen LogP contribution in [0.4, 0.5) is 0 Å². The fraction of sp³-hybridized carbons (Fsp3) is 0.0811. The number of methoxy groups -OCH3 is 3. The van der Waals surface area contributed by atoms with E-state index in [2.05, 4.69) is 15.9 Å². The van der Waals surface area contributed by atoms with Gasteiger partial charge in [-0.05, 0) is 67.8 Å². The molecule has 0 aromatic heterocycles. The Labute approximate surface area is 267 Å². The highest BCUT2D eigenvalue weighted by molar-refractivity contribution is 9.10. The maximum absolute atomic E-state index is 14.4. The summed E-state index contributed by atoms with van der Waals surface area (Å²) < 4.78 is 30.2. The molecule has 6 aromatic rings. The largest absolute Gasteiger partial charge is 0.496 e. The molecular formula is C37H25BrO7. The lowest BCUT2D eigenvalue weighted by Crippen LogP contribution is -2.17. The number of ether oxygens (including phenoxy) is 5. The molecule has 6 aromatic carbocycles. The van der Waals surface area contributed by atoms with Crippen LogP contribution < -0.4 is 23.7 Å². The summed E-state index contributed by atoms with van der Waals surface area (Å²) in [7, 11) is 4.45. The molecule has 0 radical (unpaired) electrons. The molecule has 0 unspecified atom stereocenters. The van der Waals surface area contributed by atoms with E-state index in [1.165, 1.54) is 21.3 Å². The van der Waals surface area contributed by atoms with Crippen LogP contribution in [0.1, 0.15) is 20.7 Å². The van der Waals surface area contributed by atoms with Crippen LogP contribution in [-0.4, -0.2) is 33.3 Å². The van der Waals surface area contributed by atoms with Crippen LogP contribution in [0.2, 0.25) is 0 Å². The molecule has 8 heteroatoms. The molecule has 0 amide bonds. The predicted molar refractivity (Wildman–Crippen MR) is 176 cm³/mol. The number of carbonyl (C=O) groups is 2. The van der Waals surface area contributed by atoms with Crippen LogP contribution in [0, 0.1) is 0 Å². The van der Waals surface area contributed by atoms with E-state index >= 15 is 0 Å². The summed E-state index contributed by atoms with van der Waals surface area (Å²) in [5, 5.41) is 3.50. The Bertz CT molecular complexity index is 2190. The standard InChI is InChI=1S/C37H25BrO7/c1-41-26-14-8-13-24-32(26)33-25(19-29(42-2)34(38)35(33)43-3)37(40)45-28-18-16-21-10-5-7-12-23(21)31(28)30-22-11-6-4-9-20(22)15-17-27(30)44-36(24)39/h4-19H,1-3H3. The van der Waals surface area contributed by atoms with Crippen LogP contribution in [0.3, 0.4) is 0 Å². The fourth-order valence-electron chi connectivity index (χ4n) is 5.99. The van der Waals surface area contributed by atoms with E-state index in [0.29, 0.717) is 44.2 Å². The van der Waals surface area contributed by atoms with Crippen LogP contribution in [0.25, 0.3) is 43.8 Å². The maximum atomic E-state index is 14.4. The minimum absolute atomic E-state index is 0.100. The summed E-state index contributed by atoms with van der Waals surface area (Å²) in [4.78, 5) is 28.7. The van der Waals surface area contributed by atoms with Crippen molar-refractivity contribution in [2.45, 2.75) is 0 Å². The van der Waals surface area contributed by atoms with Crippen molar-refractivity contribution in [2.75, 3.05) is 21.3 Å². The molecule has 0 saturated carbocycles. The topological polar surface area (TPSA) is 80.3 Å². The summed E-state index contributed by atoms with van der Waals surface area (Å²) in [6.45, 7) is 0. The molecule has 0 aliphatic carbocycles. The van der Waals surface area contributed by atoms with Gasteiger partial charge in [-0.1, -0.05) is 66.7 Å². The number of rotatable bonds is 3. The maximum Gasteiger partial charge on any atom is 0.344 e. The Balaban J connectivity index is 1.64. The zero-order valence-corrected chi connectivity index (χ0v) is 26.1. The van der Waals surface area contributed by atoms with Crippen molar-refractivity contribution in [1.82, 2.24) is 0 Å². The van der Waals surface area contributed by atoms with Gasteiger partial charge in [0.15, 0.2) is 0 Å². The number of benzene rings is 6. The Morgan fingerprint density at radius 3 is 1.64 bits per heavy atom. The highest BCUT2D eigenvalue weighted by Crippen LogP contribution is 2.51. The first-order chi connectivity index (χ1) is 21.9. The third-order valence-corrected chi connectivity index (χ3v) is 8.74. The summed E-state index contributed by atoms with van der Waals surface area (Å²) >= 11 is 3.56. The lowest BCUT2D eigenvalue weighted by Gasteiger charge is -2.23. The lowest BCUT2D eigenvalue weighted by atomic mass is 9.91. The van der Waals surface area contributed by atoms with Gasteiger partial charge in [-0.2, -0.15) is 0 Å². The van der Waals surface area contributed by atoms with Crippen molar-refractivity contribution in [3.63, 3.8) is 0 Å². The van der Waals surface area contributed by atoms with Gasteiger partial charge < -0.3 is 23.7 Å². The number of halogens is 1. The van der Waals surface area contributed by atoms with Crippen molar-refractivity contribution in [2.24, 2.45) is 0 Å². The van der Waals surface area contributed by atoms with Crippen LogP contribution >= 0.6 is 15.9 Å². The normalized spacial score (nSPS) is 12.4. The molecule has 1 aliphatic rings. The van der Waals surface area contributed by atoms with E-state index in [1.807, 2.05) is 60.7 Å². The molecule has 0 saturated heterocycles. The Morgan fingerprint density at radius 1 is 0.533 bits per heavy atom. The number of hydrogen-bond donors (Lipinski definition) is 0. The number of fused-ring (bicyclic) bond motifs is 10. The third kappa shape index (κ3) is 4.57. The minimum Gasteiger partial charge on any atom is -0.496 e. The van der Waals surface area contributed by atoms with E-state index < -0.39 is 11.9 Å². The molecule has 222 valence electrons. The highest BCUT2D eigenvalue weighted by atomic mass is 79.9. The first-order valence-electron chi connectivity index (χ1n) is 14.0. The Morgan fingerprint density at radius 2 is 1.09 bits per heavy atom. The monoisotopic (exact) mass is 660 g/mol. The van der Waals surface area contributed by atoms with E-state index in [9.17, 15) is 9.59 Å². The van der Waals surface area contributed by atoms with Crippen molar-refractivity contribution in [3.05, 3.63) is 113 Å². The minimum atomic E-state index is -0.682. The van der Waals surface area contributed by atoms with Gasteiger partial charge >= 0.3 is 11.9 Å². The molecule has 0 spiro atoms. The molecule has 0 fully saturated rings. The molecule has 45 heavy (non-hydrogen) atoms. The number of carbonyl (C=O) groups excluding carboxylic acids is 2. The fourth-order valence-corrected chi connectivity index (χ4v) is 6.62. The van der Waals surface area contributed by atoms with Gasteiger partial charge in [0.05, 0.1) is 32.5 Å². The molecule has 1 aliphatic heterocycles. The summed E-state index contributed by atoms with van der Waals surface area (Å²) in [5.74, 6) is 0.195. The van der Waals surface area contributed by atoms with Crippen molar-refractivity contribution in [3.8, 4) is 51.0 Å². The first kappa shape index (κ1) is 28.4. The van der Waals surface area contributed by atoms with Gasteiger partial charge in [0.2, 0.25) is 0 Å². The molecule has 0 atom stereocenters. The zero-order chi connectivity index (χ0) is 31.2. The van der Waals surface area contributed by atoms with Crippen molar-refractivity contribution in [1.29, 1.82) is 0 Å². The molecule has 0 bridgehead atoms. The SMILES string of the molecule is COc1cc2c(c(OC)c1Br)-c1c(OC)cccc1C(=O)Oc1ccc3ccccc3c1-c1c(ccc3ccccc13)OC2=O. The lowest BCUT2D eigenvalue weighted by molar-refractivity contribution is 0.0721. The molecular weight excluding hydrogens is 636 g/mol. The van der Waals surface area contributed by atoms with Gasteiger partial charge in [0.1, 0.15) is 33.2 Å². The van der Waals surface area contributed by atoms with Gasteiger partial charge in [0.25, 0.3) is 0 Å². The van der Waals surface area contributed by atoms with Crippen LogP contribution in [0.15, 0.2) is 102 Å². The molecule has 7 nitrogen and oxygen atoms in total. The molecule has 1 heterocycles. The van der Waals surface area contributed by atoms with Crippen LogP contribution in [0.5, 0.6) is 28.7 Å². The molecule has 7 rings (SSSR count). The average molecular weight is 662 g/mol. The number of hydrogen-bond acceptors (Lipinski definition) is 7. The van der Waals surface area contributed by atoms with E-state index in [-0.39, 0.29) is 22.4 Å². The van der Waals surface area contributed by atoms with Gasteiger partial charge in [-0.25, -0.2) is 9.59 Å². The van der Waals surface area contributed by atoms with Gasteiger partial charge in [-0.15, -0.1) is 0 Å². The van der Waals surface area contributed by atoms with E-state index in [1.54, 1.807) is 36.4 Å². The van der Waals surface area contributed by atoms with Crippen molar-refractivity contribution < 1.29 is 33.3 Å². The Kier molecular flexibility index (Phi) is 7.14. The summed E-state index contributed by atoms with van der Waals surface area (Å²) in [6.07, 6.45) is 0. The van der Waals surface area contributed by atoms with Crippen LogP contribution in [-0.2, 0) is 0 Å². The zero-order valence-electron chi connectivity index (χ0n) is 24.5. The second-order valence-corrected chi connectivity index (χ2v) is 11.1. The van der Waals surface area contributed by atoms with Gasteiger partial charge in [-0.3, -0.25) is 0 Å². The smallest absolute Gasteiger partial charge is 0.344 e. The first-order valence-corrected chi connectivity index (χ1v) is 14.8. The van der Waals surface area contributed by atoms with E-state index in [0.717, 1.165) is 21.5 Å². The third-order valence-electron chi connectivity index (χ3n) is 7.98. The average Bonchev–Trinajstić information content (AvgIpc) is 3.07. The highest BCUT2D eigenvalue weighted by Gasteiger charge is 2.32. The molecule has 0 N–H and O–H groups in total. The quantitative estimate of drug-likeness (QED) is 0.139. The van der Waals surface area contributed by atoms with Crippen molar-refractivity contribution >= 4 is 49.4 Å². The Hall–Kier alpha value is -5.34. The van der Waals surface area contributed by atoms with E-state index in [4.69, 9.17) is 23.7 Å². The summed E-state index contributed by atoms with van der Waals surface area (Å²) in [6, 6.07) is 29.5.